The average molecular weight is 214 g/mol. The van der Waals surface area contributed by atoms with Gasteiger partial charge in [0, 0.05) is 5.57 Å². The maximum atomic E-state index is 11.0. The van der Waals surface area contributed by atoms with Crippen LogP contribution in [0.2, 0.25) is 0 Å². The quantitative estimate of drug-likeness (QED) is 0.558. The van der Waals surface area contributed by atoms with Crippen molar-refractivity contribution in [1.82, 2.24) is 0 Å². The van der Waals surface area contributed by atoms with E-state index in [1.807, 2.05) is 0 Å². The molecule has 0 aromatic rings. The molecule has 1 fully saturated rings. The van der Waals surface area contributed by atoms with Crippen LogP contribution in [0.25, 0.3) is 0 Å². The van der Waals surface area contributed by atoms with E-state index >= 15 is 0 Å². The minimum absolute atomic E-state index is 0.0435. The van der Waals surface area contributed by atoms with Gasteiger partial charge in [-0.05, 0) is 30.8 Å². The molecular formula is C10H14O5. The zero-order valence-corrected chi connectivity index (χ0v) is 8.27. The topological polar surface area (TPSA) is 87.0 Å². The summed E-state index contributed by atoms with van der Waals surface area (Å²) >= 11 is 0. The lowest BCUT2D eigenvalue weighted by Crippen LogP contribution is -2.48. The molecular weight excluding hydrogens is 200 g/mol. The van der Waals surface area contributed by atoms with E-state index in [1.165, 1.54) is 0 Å². The van der Waals surface area contributed by atoms with Crippen LogP contribution >= 0.6 is 0 Å². The number of fused-ring (bicyclic) bond motifs is 1. The molecule has 0 bridgehead atoms. The predicted molar refractivity (Wildman–Crippen MR) is 50.0 cm³/mol. The Labute approximate surface area is 87.0 Å². The van der Waals surface area contributed by atoms with Crippen molar-refractivity contribution in [2.75, 3.05) is 13.2 Å². The number of hydrogen-bond acceptors (Lipinski definition) is 4. The number of rotatable bonds is 2. The van der Waals surface area contributed by atoms with Gasteiger partial charge in [0.15, 0.2) is 0 Å². The molecule has 84 valence electrons. The van der Waals surface area contributed by atoms with Crippen LogP contribution in [0, 0.1) is 5.92 Å². The van der Waals surface area contributed by atoms with E-state index < -0.39 is 11.8 Å². The van der Waals surface area contributed by atoms with Crippen LogP contribution in [0.15, 0.2) is 11.1 Å². The van der Waals surface area contributed by atoms with Gasteiger partial charge >= 0.3 is 5.97 Å². The van der Waals surface area contributed by atoms with Crippen molar-refractivity contribution >= 4 is 5.97 Å². The number of carboxylic acids is 1. The summed E-state index contributed by atoms with van der Waals surface area (Å²) in [7, 11) is 0. The first kappa shape index (κ1) is 10.6. The first-order valence-electron chi connectivity index (χ1n) is 5.02. The van der Waals surface area contributed by atoms with E-state index in [4.69, 9.17) is 14.9 Å². The molecule has 0 spiro atoms. The van der Waals surface area contributed by atoms with E-state index in [0.717, 1.165) is 6.42 Å². The molecule has 5 heteroatoms. The number of carbonyl (C=O) groups is 1. The number of aliphatic hydroxyl groups is 2. The van der Waals surface area contributed by atoms with Crippen molar-refractivity contribution in [3.05, 3.63) is 11.1 Å². The van der Waals surface area contributed by atoms with Crippen LogP contribution in [-0.4, -0.2) is 40.3 Å². The fourth-order valence-electron chi connectivity index (χ4n) is 2.49. The van der Waals surface area contributed by atoms with Crippen LogP contribution in [0.5, 0.6) is 0 Å². The maximum absolute atomic E-state index is 11.0. The van der Waals surface area contributed by atoms with E-state index in [0.29, 0.717) is 24.0 Å². The summed E-state index contributed by atoms with van der Waals surface area (Å²) in [6, 6.07) is 0. The van der Waals surface area contributed by atoms with Gasteiger partial charge < -0.3 is 20.1 Å². The average Bonchev–Trinajstić information content (AvgIpc) is 2.62. The Bertz CT molecular complexity index is 322. The lowest BCUT2D eigenvalue weighted by Gasteiger charge is -2.34. The largest absolute Gasteiger partial charge is 0.477 e. The second kappa shape index (κ2) is 3.59. The lowest BCUT2D eigenvalue weighted by molar-refractivity contribution is -0.218. The van der Waals surface area contributed by atoms with Gasteiger partial charge in [-0.15, -0.1) is 0 Å². The van der Waals surface area contributed by atoms with Gasteiger partial charge in [-0.2, -0.15) is 0 Å². The fourth-order valence-corrected chi connectivity index (χ4v) is 2.49. The molecule has 0 amide bonds. The van der Waals surface area contributed by atoms with Gasteiger partial charge in [-0.1, -0.05) is 0 Å². The maximum Gasteiger partial charge on any atom is 0.369 e. The molecule has 2 rings (SSSR count). The Hall–Kier alpha value is -0.910. The van der Waals surface area contributed by atoms with Crippen LogP contribution in [0.1, 0.15) is 19.3 Å². The zero-order chi connectivity index (χ0) is 11.1. The second-order valence-electron chi connectivity index (χ2n) is 4.00. The summed E-state index contributed by atoms with van der Waals surface area (Å²) in [6.07, 6.45) is 2.16. The Kier molecular flexibility index (Phi) is 2.54. The van der Waals surface area contributed by atoms with Gasteiger partial charge in [0.1, 0.15) is 0 Å². The van der Waals surface area contributed by atoms with E-state index in [2.05, 4.69) is 0 Å². The molecule has 1 aliphatic heterocycles. The van der Waals surface area contributed by atoms with Gasteiger partial charge in [0.25, 0.3) is 5.79 Å². The molecule has 2 aliphatic rings. The Morgan fingerprint density at radius 2 is 2.27 bits per heavy atom. The highest BCUT2D eigenvalue weighted by Crippen LogP contribution is 2.44. The molecule has 0 radical (unpaired) electrons. The SMILES string of the molecule is O=C(O)C1(O)OCCC2CCC(CO)=C21. The van der Waals surface area contributed by atoms with Crippen molar-refractivity contribution in [3.8, 4) is 0 Å². The van der Waals surface area contributed by atoms with Crippen LogP contribution in [-0.2, 0) is 9.53 Å². The first-order chi connectivity index (χ1) is 7.09. The number of aliphatic carboxylic acids is 1. The number of carboxylic acid groups (broad SMARTS) is 1. The predicted octanol–water partition coefficient (Wildman–Crippen LogP) is -0.121. The van der Waals surface area contributed by atoms with Crippen LogP contribution < -0.4 is 0 Å². The van der Waals surface area contributed by atoms with Gasteiger partial charge in [0.2, 0.25) is 0 Å². The summed E-state index contributed by atoms with van der Waals surface area (Å²) < 4.78 is 4.96. The standard InChI is InChI=1S/C10H14O5/c11-5-7-2-1-6-3-4-15-10(14,8(6)7)9(12)13/h6,11,14H,1-5H2,(H,12,13). The van der Waals surface area contributed by atoms with Crippen molar-refractivity contribution in [2.45, 2.75) is 25.0 Å². The van der Waals surface area contributed by atoms with E-state index in [-0.39, 0.29) is 19.1 Å². The van der Waals surface area contributed by atoms with Crippen molar-refractivity contribution in [3.63, 3.8) is 0 Å². The molecule has 1 heterocycles. The Balaban J connectivity index is 2.43. The minimum Gasteiger partial charge on any atom is -0.477 e. The third-order valence-corrected chi connectivity index (χ3v) is 3.21. The molecule has 1 aliphatic carbocycles. The zero-order valence-electron chi connectivity index (χ0n) is 8.27. The third-order valence-electron chi connectivity index (χ3n) is 3.21. The number of hydrogen-bond donors (Lipinski definition) is 3. The fraction of sp³-hybridized carbons (Fsp3) is 0.700. The summed E-state index contributed by atoms with van der Waals surface area (Å²) in [5.41, 5.74) is 0.994. The van der Waals surface area contributed by atoms with Crippen LogP contribution in [0.3, 0.4) is 0 Å². The first-order valence-corrected chi connectivity index (χ1v) is 5.02. The Morgan fingerprint density at radius 1 is 1.53 bits per heavy atom. The summed E-state index contributed by atoms with van der Waals surface area (Å²) in [5, 5.41) is 28.0. The molecule has 2 atom stereocenters. The van der Waals surface area contributed by atoms with Gasteiger partial charge in [0.05, 0.1) is 13.2 Å². The van der Waals surface area contributed by atoms with Gasteiger partial charge in [-0.3, -0.25) is 0 Å². The monoisotopic (exact) mass is 214 g/mol. The smallest absolute Gasteiger partial charge is 0.369 e. The Morgan fingerprint density at radius 3 is 2.87 bits per heavy atom. The van der Waals surface area contributed by atoms with Crippen LogP contribution in [0.4, 0.5) is 0 Å². The minimum atomic E-state index is -2.21. The highest BCUT2D eigenvalue weighted by molar-refractivity contribution is 5.80. The molecule has 0 aromatic heterocycles. The molecule has 1 saturated heterocycles. The third kappa shape index (κ3) is 1.47. The normalized spacial score (nSPS) is 35.5. The highest BCUT2D eigenvalue weighted by Gasteiger charge is 2.50. The molecule has 15 heavy (non-hydrogen) atoms. The van der Waals surface area contributed by atoms with Crippen molar-refractivity contribution < 1.29 is 24.9 Å². The number of aliphatic hydroxyl groups excluding tert-OH is 1. The second-order valence-corrected chi connectivity index (χ2v) is 4.00. The lowest BCUT2D eigenvalue weighted by atomic mass is 9.88. The molecule has 3 N–H and O–H groups in total. The molecule has 2 unspecified atom stereocenters. The molecule has 5 nitrogen and oxygen atoms in total. The molecule has 0 saturated carbocycles. The molecule has 0 aromatic carbocycles. The van der Waals surface area contributed by atoms with E-state index in [1.54, 1.807) is 0 Å². The van der Waals surface area contributed by atoms with E-state index in [9.17, 15) is 9.90 Å². The summed E-state index contributed by atoms with van der Waals surface area (Å²) in [6.45, 7) is 0.0421. The van der Waals surface area contributed by atoms with Gasteiger partial charge in [-0.25, -0.2) is 4.79 Å². The number of ether oxygens (including phenoxy) is 1. The summed E-state index contributed by atoms with van der Waals surface area (Å²) in [4.78, 5) is 11.0. The summed E-state index contributed by atoms with van der Waals surface area (Å²) in [5.74, 6) is -3.56. The van der Waals surface area contributed by atoms with Crippen molar-refractivity contribution in [1.29, 1.82) is 0 Å². The highest BCUT2D eigenvalue weighted by atomic mass is 16.6. The van der Waals surface area contributed by atoms with Crippen molar-refractivity contribution in [2.24, 2.45) is 5.92 Å².